The van der Waals surface area contributed by atoms with E-state index in [-0.39, 0.29) is 0 Å². The van der Waals surface area contributed by atoms with Crippen molar-refractivity contribution in [2.75, 3.05) is 23.8 Å². The van der Waals surface area contributed by atoms with Crippen molar-refractivity contribution in [2.45, 2.75) is 0 Å². The van der Waals surface area contributed by atoms with Gasteiger partial charge in [-0.25, -0.2) is 0 Å². The lowest BCUT2D eigenvalue weighted by Gasteiger charge is -2.14. The molecule has 0 N–H and O–H groups in total. The highest BCUT2D eigenvalue weighted by Gasteiger charge is 2.07. The lowest BCUT2D eigenvalue weighted by Crippen LogP contribution is -1.98. The minimum absolute atomic E-state index is 0.300. The maximum Gasteiger partial charge on any atom is -0.00203 e. The third kappa shape index (κ3) is 2.34. The van der Waals surface area contributed by atoms with Gasteiger partial charge in [-0.15, -0.1) is 0 Å². The van der Waals surface area contributed by atoms with E-state index in [4.69, 9.17) is 0 Å². The van der Waals surface area contributed by atoms with E-state index < -0.39 is 0 Å². The van der Waals surface area contributed by atoms with Crippen LogP contribution in [0.5, 0.6) is 0 Å². The van der Waals surface area contributed by atoms with E-state index in [2.05, 4.69) is 27.3 Å². The van der Waals surface area contributed by atoms with Crippen LogP contribution >= 0.6 is 33.9 Å². The average Bonchev–Trinajstić information content (AvgIpc) is 1.69. The Morgan fingerprint density at radius 3 is 2.14 bits per heavy atom. The Kier molecular flexibility index (Phi) is 3.02. The lowest BCUT2D eigenvalue weighted by atomic mass is 10.9. The van der Waals surface area contributed by atoms with Gasteiger partial charge in [0.25, 0.3) is 0 Å². The highest BCUT2D eigenvalue weighted by molar-refractivity contribution is 9.39. The summed E-state index contributed by atoms with van der Waals surface area (Å²) in [6.07, 6.45) is 2.86. The van der Waals surface area contributed by atoms with Crippen molar-refractivity contribution in [3.8, 4) is 0 Å². The Morgan fingerprint density at radius 1 is 1.29 bits per heavy atom. The quantitative estimate of drug-likeness (QED) is 0.540. The van der Waals surface area contributed by atoms with Gasteiger partial charge < -0.3 is 0 Å². The molecule has 1 rings (SSSR count). The van der Waals surface area contributed by atoms with Gasteiger partial charge in [-0.2, -0.15) is 11.8 Å². The molecule has 0 spiro atoms. The number of halogens is 1. The molecule has 0 bridgehead atoms. The van der Waals surface area contributed by atoms with Crippen LogP contribution in [0.4, 0.5) is 0 Å². The lowest BCUT2D eigenvalue weighted by molar-refractivity contribution is 1.41. The molecule has 0 nitrogen and oxygen atoms in total. The van der Waals surface area contributed by atoms with Gasteiger partial charge in [0.2, 0.25) is 0 Å². The van der Waals surface area contributed by atoms with Gasteiger partial charge >= 0.3 is 0 Å². The maximum absolute atomic E-state index is 3.64. The summed E-state index contributed by atoms with van der Waals surface area (Å²) in [6, 6.07) is 0. The predicted molar refractivity (Wildman–Crippen MR) is 42.9 cm³/mol. The number of thioether (sulfide) groups is 1. The number of hydrogen-bond donors (Lipinski definition) is 0. The molecule has 0 aromatic rings. The topological polar surface area (TPSA) is 0 Å². The maximum atomic E-state index is 3.64. The Bertz CT molecular complexity index is 53.7. The highest BCUT2D eigenvalue weighted by atomic mass is 79.9. The normalized spacial score (nSPS) is 25.3. The first kappa shape index (κ1) is 6.38. The molecule has 0 aliphatic carbocycles. The van der Waals surface area contributed by atoms with E-state index in [1.54, 1.807) is 0 Å². The summed E-state index contributed by atoms with van der Waals surface area (Å²) in [5.41, 5.74) is 0. The first-order chi connectivity index (χ1) is 3.39. The molecule has 3 heteroatoms. The molecular weight excluding hydrogens is 191 g/mol. The van der Waals surface area contributed by atoms with Gasteiger partial charge in [0.15, 0.2) is 0 Å². The van der Waals surface area contributed by atoms with Gasteiger partial charge in [0.1, 0.15) is 0 Å². The fraction of sp³-hybridized carbons (Fsp3) is 1.00. The van der Waals surface area contributed by atoms with E-state index in [1.807, 2.05) is 0 Å². The summed E-state index contributed by atoms with van der Waals surface area (Å²) in [7, 11) is 0. The molecule has 0 atom stereocenters. The summed E-state index contributed by atoms with van der Waals surface area (Å²) >= 11 is 5.72. The van der Waals surface area contributed by atoms with Crippen molar-refractivity contribution < 1.29 is 0 Å². The molecule has 1 aliphatic rings. The molecule has 0 aromatic carbocycles. The van der Waals surface area contributed by atoms with Gasteiger partial charge in [0.05, 0.1) is 0 Å². The van der Waals surface area contributed by atoms with Crippen molar-refractivity contribution in [1.82, 2.24) is 0 Å². The first-order valence-corrected chi connectivity index (χ1v) is 7.26. The molecule has 0 saturated carbocycles. The SMILES string of the molecule is BrP1CCSCC1. The zero-order chi connectivity index (χ0) is 5.11. The van der Waals surface area contributed by atoms with Crippen LogP contribution < -0.4 is 0 Å². The third-order valence-electron chi connectivity index (χ3n) is 0.957. The second kappa shape index (κ2) is 3.32. The summed E-state index contributed by atoms with van der Waals surface area (Å²) < 4.78 is 0. The minimum atomic E-state index is 0.300. The van der Waals surface area contributed by atoms with Crippen LogP contribution in [0.2, 0.25) is 0 Å². The van der Waals surface area contributed by atoms with E-state index in [9.17, 15) is 0 Å². The van der Waals surface area contributed by atoms with E-state index in [1.165, 1.54) is 23.8 Å². The van der Waals surface area contributed by atoms with Crippen LogP contribution in [0.15, 0.2) is 0 Å². The van der Waals surface area contributed by atoms with Crippen LogP contribution in [0, 0.1) is 0 Å². The average molecular weight is 199 g/mol. The molecule has 1 fully saturated rings. The Hall–Kier alpha value is 1.26. The minimum Gasteiger partial charge on any atom is -0.161 e. The molecule has 7 heavy (non-hydrogen) atoms. The summed E-state index contributed by atoms with van der Waals surface area (Å²) in [5, 5.41) is 0. The van der Waals surface area contributed by atoms with Gasteiger partial charge in [-0.1, -0.05) is 15.5 Å². The van der Waals surface area contributed by atoms with Crippen LogP contribution in [-0.4, -0.2) is 23.8 Å². The monoisotopic (exact) mass is 198 g/mol. The van der Waals surface area contributed by atoms with Gasteiger partial charge in [-0.05, 0) is 30.5 Å². The molecular formula is C4H8BrPS. The first-order valence-electron chi connectivity index (χ1n) is 2.38. The number of rotatable bonds is 0. The second-order valence-electron chi connectivity index (χ2n) is 1.52. The Balaban J connectivity index is 2.12. The molecule has 0 radical (unpaired) electrons. The molecule has 1 aliphatic heterocycles. The van der Waals surface area contributed by atoms with Crippen LogP contribution in [0.3, 0.4) is 0 Å². The fourth-order valence-electron chi connectivity index (χ4n) is 0.541. The zero-order valence-corrected chi connectivity index (χ0v) is 7.36. The largest absolute Gasteiger partial charge is 0.161 e. The number of hydrogen-bond acceptors (Lipinski definition) is 1. The summed E-state index contributed by atoms with van der Waals surface area (Å²) in [4.78, 5) is 0. The smallest absolute Gasteiger partial charge is 0.00203 e. The van der Waals surface area contributed by atoms with Crippen molar-refractivity contribution in [3.05, 3.63) is 0 Å². The molecule has 0 unspecified atom stereocenters. The third-order valence-corrected chi connectivity index (χ3v) is 6.09. The molecule has 42 valence electrons. The van der Waals surface area contributed by atoms with Crippen molar-refractivity contribution in [3.63, 3.8) is 0 Å². The fourth-order valence-corrected chi connectivity index (χ4v) is 6.19. The predicted octanol–water partition coefficient (Wildman–Crippen LogP) is 2.53. The molecule has 0 aromatic heterocycles. The van der Waals surface area contributed by atoms with Crippen molar-refractivity contribution in [2.24, 2.45) is 0 Å². The van der Waals surface area contributed by atoms with Crippen LogP contribution in [0.25, 0.3) is 0 Å². The van der Waals surface area contributed by atoms with Gasteiger partial charge in [0, 0.05) is 0 Å². The van der Waals surface area contributed by atoms with E-state index in [0.717, 1.165) is 0 Å². The Morgan fingerprint density at radius 2 is 1.86 bits per heavy atom. The van der Waals surface area contributed by atoms with E-state index >= 15 is 0 Å². The second-order valence-corrected chi connectivity index (χ2v) is 7.58. The van der Waals surface area contributed by atoms with Crippen molar-refractivity contribution in [1.29, 1.82) is 0 Å². The summed E-state index contributed by atoms with van der Waals surface area (Å²) in [6.45, 7) is 0.300. The highest BCUT2D eigenvalue weighted by Crippen LogP contribution is 2.47. The van der Waals surface area contributed by atoms with E-state index in [0.29, 0.717) is 6.62 Å². The Labute approximate surface area is 57.9 Å². The summed E-state index contributed by atoms with van der Waals surface area (Å²) in [5.74, 6) is 2.77. The zero-order valence-electron chi connectivity index (χ0n) is 4.06. The molecule has 1 heterocycles. The van der Waals surface area contributed by atoms with Gasteiger partial charge in [-0.3, -0.25) is 0 Å². The van der Waals surface area contributed by atoms with Crippen LogP contribution in [-0.2, 0) is 0 Å². The molecule has 1 saturated heterocycles. The van der Waals surface area contributed by atoms with Crippen molar-refractivity contribution >= 4 is 33.9 Å². The standard InChI is InChI=1S/C4H8BrPS/c5-6-1-3-7-4-2-6/h1-4H2. The van der Waals surface area contributed by atoms with Crippen LogP contribution in [0.1, 0.15) is 0 Å². The molecule has 0 amide bonds.